The standard InChI is InChI=1S/C14H14O3S2/c1-11-3-7-13(8-4-11)18(15)17-19(16)14-9-5-12(2)6-10-14/h3-10H,1-2H3. The Labute approximate surface area is 117 Å². The van der Waals surface area contributed by atoms with Crippen molar-refractivity contribution in [2.24, 2.45) is 0 Å². The van der Waals surface area contributed by atoms with E-state index in [4.69, 9.17) is 3.63 Å². The van der Waals surface area contributed by atoms with E-state index in [0.717, 1.165) is 11.1 Å². The molecule has 0 aliphatic heterocycles. The van der Waals surface area contributed by atoms with E-state index in [2.05, 4.69) is 0 Å². The zero-order chi connectivity index (χ0) is 13.8. The Balaban J connectivity index is 2.08. The van der Waals surface area contributed by atoms with Crippen molar-refractivity contribution in [3.8, 4) is 0 Å². The predicted octanol–water partition coefficient (Wildman–Crippen LogP) is 3.07. The number of rotatable bonds is 4. The zero-order valence-electron chi connectivity index (χ0n) is 10.7. The Morgan fingerprint density at radius 3 is 1.32 bits per heavy atom. The van der Waals surface area contributed by atoms with Gasteiger partial charge in [-0.2, -0.15) is 3.63 Å². The first-order chi connectivity index (χ1) is 9.06. The van der Waals surface area contributed by atoms with Gasteiger partial charge in [0.1, 0.15) is 0 Å². The van der Waals surface area contributed by atoms with Crippen LogP contribution in [0.15, 0.2) is 58.3 Å². The third-order valence-electron chi connectivity index (χ3n) is 2.55. The minimum Gasteiger partial charge on any atom is -0.223 e. The number of hydrogen-bond donors (Lipinski definition) is 0. The zero-order valence-corrected chi connectivity index (χ0v) is 12.3. The van der Waals surface area contributed by atoms with Gasteiger partial charge in [0.05, 0.1) is 9.79 Å². The highest BCUT2D eigenvalue weighted by Gasteiger charge is 2.11. The van der Waals surface area contributed by atoms with Crippen LogP contribution in [0.4, 0.5) is 0 Å². The summed E-state index contributed by atoms with van der Waals surface area (Å²) < 4.78 is 28.9. The average Bonchev–Trinajstić information content (AvgIpc) is 2.40. The van der Waals surface area contributed by atoms with Gasteiger partial charge in [-0.05, 0) is 38.1 Å². The molecule has 5 heteroatoms. The van der Waals surface area contributed by atoms with Gasteiger partial charge in [-0.3, -0.25) is 0 Å². The fourth-order valence-corrected chi connectivity index (χ4v) is 3.23. The van der Waals surface area contributed by atoms with Crippen molar-refractivity contribution >= 4 is 22.2 Å². The monoisotopic (exact) mass is 294 g/mol. The highest BCUT2D eigenvalue weighted by molar-refractivity contribution is 7.93. The van der Waals surface area contributed by atoms with Crippen LogP contribution < -0.4 is 0 Å². The van der Waals surface area contributed by atoms with E-state index in [1.54, 1.807) is 24.3 Å². The van der Waals surface area contributed by atoms with Crippen molar-refractivity contribution in [3.63, 3.8) is 0 Å². The van der Waals surface area contributed by atoms with Crippen molar-refractivity contribution in [2.45, 2.75) is 23.6 Å². The molecule has 0 fully saturated rings. The van der Waals surface area contributed by atoms with E-state index in [1.165, 1.54) is 0 Å². The quantitative estimate of drug-likeness (QED) is 0.870. The lowest BCUT2D eigenvalue weighted by molar-refractivity contribution is 0.565. The maximum absolute atomic E-state index is 11.9. The molecule has 0 N–H and O–H groups in total. The normalized spacial score (nSPS) is 14.0. The maximum Gasteiger partial charge on any atom is 0.203 e. The van der Waals surface area contributed by atoms with E-state index in [0.29, 0.717) is 9.79 Å². The minimum atomic E-state index is -1.73. The molecule has 2 rings (SSSR count). The van der Waals surface area contributed by atoms with Gasteiger partial charge in [0, 0.05) is 0 Å². The number of benzene rings is 2. The Hall–Kier alpha value is -1.30. The van der Waals surface area contributed by atoms with Gasteiger partial charge in [-0.15, -0.1) is 0 Å². The smallest absolute Gasteiger partial charge is 0.203 e. The second-order valence-electron chi connectivity index (χ2n) is 4.16. The Bertz CT molecular complexity index is 548. The van der Waals surface area contributed by atoms with E-state index < -0.39 is 22.2 Å². The third kappa shape index (κ3) is 3.83. The Kier molecular flexibility index (Phi) is 4.63. The van der Waals surface area contributed by atoms with Gasteiger partial charge in [-0.1, -0.05) is 35.4 Å². The van der Waals surface area contributed by atoms with Crippen LogP contribution in [0.25, 0.3) is 0 Å². The first-order valence-electron chi connectivity index (χ1n) is 5.72. The van der Waals surface area contributed by atoms with Crippen LogP contribution in [0.3, 0.4) is 0 Å². The largest absolute Gasteiger partial charge is 0.223 e. The molecule has 19 heavy (non-hydrogen) atoms. The topological polar surface area (TPSA) is 43.4 Å². The molecule has 0 saturated heterocycles. The van der Waals surface area contributed by atoms with Gasteiger partial charge in [0.25, 0.3) is 0 Å². The summed E-state index contributed by atoms with van der Waals surface area (Å²) in [7, 11) is 0. The lowest BCUT2D eigenvalue weighted by atomic mass is 10.2. The predicted molar refractivity (Wildman–Crippen MR) is 76.3 cm³/mol. The molecular weight excluding hydrogens is 280 g/mol. The summed E-state index contributed by atoms with van der Waals surface area (Å²) in [5.74, 6) is 0. The second kappa shape index (κ2) is 6.23. The van der Waals surface area contributed by atoms with E-state index in [9.17, 15) is 8.42 Å². The molecule has 0 atom stereocenters. The molecule has 0 aliphatic rings. The van der Waals surface area contributed by atoms with Crippen LogP contribution in [0, 0.1) is 13.8 Å². The highest BCUT2D eigenvalue weighted by atomic mass is 32.3. The van der Waals surface area contributed by atoms with Crippen LogP contribution in [-0.4, -0.2) is 8.42 Å². The van der Waals surface area contributed by atoms with E-state index in [-0.39, 0.29) is 0 Å². The summed E-state index contributed by atoms with van der Waals surface area (Å²) >= 11 is -3.46. The van der Waals surface area contributed by atoms with Crippen molar-refractivity contribution in [2.75, 3.05) is 0 Å². The number of hydrogen-bond acceptors (Lipinski definition) is 3. The van der Waals surface area contributed by atoms with Crippen LogP contribution in [0.2, 0.25) is 0 Å². The average molecular weight is 294 g/mol. The van der Waals surface area contributed by atoms with E-state index >= 15 is 0 Å². The maximum atomic E-state index is 11.9. The Morgan fingerprint density at radius 1 is 0.684 bits per heavy atom. The molecule has 0 amide bonds. The van der Waals surface area contributed by atoms with E-state index in [1.807, 2.05) is 38.1 Å². The summed E-state index contributed by atoms with van der Waals surface area (Å²) in [4.78, 5) is 1.01. The van der Waals surface area contributed by atoms with Gasteiger partial charge in [0.15, 0.2) is 0 Å². The molecule has 100 valence electrons. The fourth-order valence-electron chi connectivity index (χ4n) is 1.43. The van der Waals surface area contributed by atoms with Crippen molar-refractivity contribution < 1.29 is 12.0 Å². The van der Waals surface area contributed by atoms with Gasteiger partial charge < -0.3 is 0 Å². The van der Waals surface area contributed by atoms with Crippen LogP contribution in [-0.2, 0) is 25.8 Å². The molecule has 0 heterocycles. The SMILES string of the molecule is Cc1ccc(S(=O)OS(=O)c2ccc(C)cc2)cc1. The van der Waals surface area contributed by atoms with Crippen molar-refractivity contribution in [1.29, 1.82) is 0 Å². The van der Waals surface area contributed by atoms with Crippen LogP contribution in [0.1, 0.15) is 11.1 Å². The van der Waals surface area contributed by atoms with Crippen LogP contribution in [0.5, 0.6) is 0 Å². The fraction of sp³-hybridized carbons (Fsp3) is 0.143. The molecule has 2 aromatic carbocycles. The highest BCUT2D eigenvalue weighted by Crippen LogP contribution is 2.15. The molecule has 0 unspecified atom stereocenters. The van der Waals surface area contributed by atoms with Gasteiger partial charge in [-0.25, -0.2) is 8.42 Å². The lowest BCUT2D eigenvalue weighted by Gasteiger charge is -2.03. The molecule has 3 nitrogen and oxygen atoms in total. The van der Waals surface area contributed by atoms with Gasteiger partial charge >= 0.3 is 0 Å². The summed E-state index contributed by atoms with van der Waals surface area (Å²) in [6, 6.07) is 14.2. The molecular formula is C14H14O3S2. The summed E-state index contributed by atoms with van der Waals surface area (Å²) in [6.07, 6.45) is 0. The molecule has 0 aromatic heterocycles. The molecule has 2 aromatic rings. The minimum absolute atomic E-state index is 0.506. The molecule has 0 saturated carbocycles. The Morgan fingerprint density at radius 2 is 1.00 bits per heavy atom. The summed E-state index contributed by atoms with van der Waals surface area (Å²) in [6.45, 7) is 3.88. The van der Waals surface area contributed by atoms with Crippen molar-refractivity contribution in [3.05, 3.63) is 59.7 Å². The molecule has 0 radical (unpaired) electrons. The lowest BCUT2D eigenvalue weighted by Crippen LogP contribution is -2.02. The molecule has 0 spiro atoms. The first kappa shape index (κ1) is 14.1. The summed E-state index contributed by atoms with van der Waals surface area (Å²) in [5, 5.41) is 0. The van der Waals surface area contributed by atoms with Gasteiger partial charge in [0.2, 0.25) is 22.2 Å². The molecule has 0 bridgehead atoms. The second-order valence-corrected chi connectivity index (χ2v) is 6.59. The summed E-state index contributed by atoms with van der Waals surface area (Å²) in [5.41, 5.74) is 2.14. The third-order valence-corrected chi connectivity index (χ3v) is 4.85. The first-order valence-corrected chi connectivity index (χ1v) is 7.87. The van der Waals surface area contributed by atoms with Crippen LogP contribution >= 0.6 is 0 Å². The molecule has 0 aliphatic carbocycles. The van der Waals surface area contributed by atoms with Crippen molar-refractivity contribution in [1.82, 2.24) is 0 Å². The number of aryl methyl sites for hydroxylation is 2.